The van der Waals surface area contributed by atoms with Crippen molar-refractivity contribution in [1.29, 1.82) is 0 Å². The maximum atomic E-state index is 5.22. The Morgan fingerprint density at radius 3 is 1.88 bits per heavy atom. The number of allylic oxidation sites excluding steroid dienone is 1. The minimum atomic E-state index is 0.583. The van der Waals surface area contributed by atoms with Crippen molar-refractivity contribution in [3.05, 3.63) is 41.5 Å². The molecule has 0 aliphatic heterocycles. The van der Waals surface area contributed by atoms with E-state index in [1.165, 1.54) is 24.0 Å². The van der Waals surface area contributed by atoms with E-state index < -0.39 is 0 Å². The zero-order chi connectivity index (χ0) is 12.4. The highest BCUT2D eigenvalue weighted by atomic mass is 14.7. The molecule has 0 bridgehead atoms. The predicted octanol–water partition coefficient (Wildman–Crippen LogP) is 4.16. The van der Waals surface area contributed by atoms with Crippen LogP contribution in [-0.2, 0) is 0 Å². The Balaban J connectivity index is 0.000000311. The van der Waals surface area contributed by atoms with Gasteiger partial charge in [-0.1, -0.05) is 55.8 Å². The number of benzene rings is 1. The summed E-state index contributed by atoms with van der Waals surface area (Å²) in [7, 11) is 0. The van der Waals surface area contributed by atoms with Gasteiger partial charge in [-0.2, -0.15) is 0 Å². The molecule has 1 aromatic rings. The molecule has 16 heavy (non-hydrogen) atoms. The largest absolute Gasteiger partial charge is 0.328 e. The van der Waals surface area contributed by atoms with Crippen molar-refractivity contribution in [3.63, 3.8) is 0 Å². The van der Waals surface area contributed by atoms with Crippen LogP contribution in [0.2, 0.25) is 0 Å². The molecular formula is C15H25N. The van der Waals surface area contributed by atoms with E-state index in [-0.39, 0.29) is 0 Å². The minimum Gasteiger partial charge on any atom is -0.328 e. The number of rotatable bonds is 1. The third-order valence-electron chi connectivity index (χ3n) is 2.06. The van der Waals surface area contributed by atoms with Gasteiger partial charge in [-0.3, -0.25) is 0 Å². The second-order valence-corrected chi connectivity index (χ2v) is 3.75. The third-order valence-corrected chi connectivity index (χ3v) is 2.06. The molecule has 1 aliphatic rings. The molecule has 0 heterocycles. The van der Waals surface area contributed by atoms with Gasteiger partial charge in [0.2, 0.25) is 0 Å². The Morgan fingerprint density at radius 1 is 1.12 bits per heavy atom. The molecule has 1 aliphatic carbocycles. The van der Waals surface area contributed by atoms with Crippen LogP contribution in [0.1, 0.15) is 44.7 Å². The molecule has 0 aromatic heterocycles. The summed E-state index contributed by atoms with van der Waals surface area (Å²) in [5.74, 6) is 0. The summed E-state index contributed by atoms with van der Waals surface area (Å²) in [6.07, 6.45) is 6.67. The van der Waals surface area contributed by atoms with Crippen LogP contribution in [0.25, 0.3) is 6.08 Å². The summed E-state index contributed by atoms with van der Waals surface area (Å²) in [4.78, 5) is 0. The van der Waals surface area contributed by atoms with Crippen LogP contribution in [0.15, 0.2) is 30.3 Å². The lowest BCUT2D eigenvalue weighted by atomic mass is 10.1. The highest BCUT2D eigenvalue weighted by Crippen LogP contribution is 2.13. The molecular weight excluding hydrogens is 194 g/mol. The molecule has 1 fully saturated rings. The van der Waals surface area contributed by atoms with Gasteiger partial charge in [0.1, 0.15) is 0 Å². The van der Waals surface area contributed by atoms with Crippen molar-refractivity contribution in [1.82, 2.24) is 0 Å². The summed E-state index contributed by atoms with van der Waals surface area (Å²) >= 11 is 0. The predicted molar refractivity (Wildman–Crippen MR) is 74.4 cm³/mol. The van der Waals surface area contributed by atoms with Crippen LogP contribution >= 0.6 is 0 Å². The SMILES string of the molecule is C/C=C\c1ccc(C)cc1.CC.NC1CC1. The number of aryl methyl sites for hydroxylation is 1. The van der Waals surface area contributed by atoms with Gasteiger partial charge in [0, 0.05) is 6.04 Å². The van der Waals surface area contributed by atoms with Crippen molar-refractivity contribution < 1.29 is 0 Å². The smallest absolute Gasteiger partial charge is 0.00399 e. The average molecular weight is 219 g/mol. The lowest BCUT2D eigenvalue weighted by molar-refractivity contribution is 1.07. The van der Waals surface area contributed by atoms with E-state index in [9.17, 15) is 0 Å². The molecule has 0 spiro atoms. The van der Waals surface area contributed by atoms with Crippen molar-refractivity contribution in [2.24, 2.45) is 5.73 Å². The lowest BCUT2D eigenvalue weighted by Crippen LogP contribution is -1.94. The minimum absolute atomic E-state index is 0.583. The first-order valence-corrected chi connectivity index (χ1v) is 6.17. The molecule has 0 unspecified atom stereocenters. The van der Waals surface area contributed by atoms with Gasteiger partial charge in [0.15, 0.2) is 0 Å². The first-order valence-electron chi connectivity index (χ1n) is 6.17. The van der Waals surface area contributed by atoms with Gasteiger partial charge >= 0.3 is 0 Å². The topological polar surface area (TPSA) is 26.0 Å². The molecule has 2 N–H and O–H groups in total. The third kappa shape index (κ3) is 8.25. The van der Waals surface area contributed by atoms with Crippen molar-refractivity contribution in [2.45, 2.75) is 46.6 Å². The van der Waals surface area contributed by atoms with Crippen LogP contribution in [0, 0.1) is 6.92 Å². The maximum absolute atomic E-state index is 5.22. The van der Waals surface area contributed by atoms with Crippen LogP contribution in [-0.4, -0.2) is 6.04 Å². The normalized spacial score (nSPS) is 13.6. The molecule has 0 amide bonds. The fraction of sp³-hybridized carbons (Fsp3) is 0.467. The second-order valence-electron chi connectivity index (χ2n) is 3.75. The van der Waals surface area contributed by atoms with Crippen LogP contribution in [0.5, 0.6) is 0 Å². The Kier molecular flexibility index (Phi) is 8.55. The van der Waals surface area contributed by atoms with E-state index in [2.05, 4.69) is 37.3 Å². The number of hydrogen-bond donors (Lipinski definition) is 1. The van der Waals surface area contributed by atoms with Crippen LogP contribution in [0.3, 0.4) is 0 Å². The monoisotopic (exact) mass is 219 g/mol. The molecule has 0 atom stereocenters. The van der Waals surface area contributed by atoms with E-state index in [0.717, 1.165) is 0 Å². The zero-order valence-electron chi connectivity index (χ0n) is 11.0. The van der Waals surface area contributed by atoms with Gasteiger partial charge < -0.3 is 5.73 Å². The highest BCUT2D eigenvalue weighted by molar-refractivity contribution is 5.48. The Bertz CT molecular complexity index is 281. The maximum Gasteiger partial charge on any atom is 0.00399 e. The molecule has 2 rings (SSSR count). The molecule has 1 aromatic carbocycles. The van der Waals surface area contributed by atoms with Gasteiger partial charge in [0.25, 0.3) is 0 Å². The van der Waals surface area contributed by atoms with Gasteiger partial charge in [-0.25, -0.2) is 0 Å². The average Bonchev–Trinajstić information content (AvgIpc) is 3.08. The molecule has 1 nitrogen and oxygen atoms in total. The van der Waals surface area contributed by atoms with Crippen molar-refractivity contribution >= 4 is 6.08 Å². The molecule has 0 saturated heterocycles. The summed E-state index contributed by atoms with van der Waals surface area (Å²) in [5.41, 5.74) is 7.81. The van der Waals surface area contributed by atoms with Crippen molar-refractivity contribution in [3.8, 4) is 0 Å². The van der Waals surface area contributed by atoms with E-state index >= 15 is 0 Å². The summed E-state index contributed by atoms with van der Waals surface area (Å²) in [6.45, 7) is 8.12. The highest BCUT2D eigenvalue weighted by Gasteiger charge is 2.13. The summed E-state index contributed by atoms with van der Waals surface area (Å²) < 4.78 is 0. The van der Waals surface area contributed by atoms with E-state index in [1.54, 1.807) is 0 Å². The van der Waals surface area contributed by atoms with Gasteiger partial charge in [-0.15, -0.1) is 0 Å². The summed E-state index contributed by atoms with van der Waals surface area (Å²) in [5, 5.41) is 0. The number of hydrogen-bond acceptors (Lipinski definition) is 1. The van der Waals surface area contributed by atoms with E-state index in [0.29, 0.717) is 6.04 Å². The Morgan fingerprint density at radius 2 is 1.56 bits per heavy atom. The Labute approximate surface area is 100 Å². The van der Waals surface area contributed by atoms with Crippen LogP contribution in [0.4, 0.5) is 0 Å². The fourth-order valence-electron chi connectivity index (χ4n) is 0.966. The Hall–Kier alpha value is -1.08. The van der Waals surface area contributed by atoms with Gasteiger partial charge in [0.05, 0.1) is 0 Å². The molecule has 90 valence electrons. The van der Waals surface area contributed by atoms with Gasteiger partial charge in [-0.05, 0) is 32.3 Å². The first-order chi connectivity index (χ1) is 7.72. The van der Waals surface area contributed by atoms with E-state index in [1.807, 2.05) is 26.8 Å². The standard InChI is InChI=1S/C10H12.C3H7N.C2H6/c1-3-4-10-7-5-9(2)6-8-10;4-3-1-2-3;1-2/h3-8H,1-2H3;3H,1-2,4H2;1-2H3/b4-3-;;. The fourth-order valence-corrected chi connectivity index (χ4v) is 0.966. The van der Waals surface area contributed by atoms with Crippen LogP contribution < -0.4 is 5.73 Å². The van der Waals surface area contributed by atoms with E-state index in [4.69, 9.17) is 5.73 Å². The molecule has 1 saturated carbocycles. The zero-order valence-corrected chi connectivity index (χ0v) is 11.0. The quantitative estimate of drug-likeness (QED) is 0.754. The molecule has 0 radical (unpaired) electrons. The van der Waals surface area contributed by atoms with Crippen molar-refractivity contribution in [2.75, 3.05) is 0 Å². The first kappa shape index (κ1) is 14.9. The second kappa shape index (κ2) is 9.17. The lowest BCUT2D eigenvalue weighted by Gasteiger charge is -1.92. The number of nitrogens with two attached hydrogens (primary N) is 1. The summed E-state index contributed by atoms with van der Waals surface area (Å²) in [6, 6.07) is 9.06. The molecule has 1 heteroatoms.